The van der Waals surface area contributed by atoms with Crippen molar-refractivity contribution >= 4 is 28.3 Å². The van der Waals surface area contributed by atoms with Crippen LogP contribution in [0.1, 0.15) is 31.4 Å². The molecule has 2 aromatic rings. The van der Waals surface area contributed by atoms with E-state index in [4.69, 9.17) is 14.2 Å². The van der Waals surface area contributed by atoms with Crippen molar-refractivity contribution in [1.82, 2.24) is 5.32 Å². The smallest absolute Gasteiger partial charge is 0.175 e. The van der Waals surface area contributed by atoms with Gasteiger partial charge in [-0.3, -0.25) is 0 Å². The molecule has 0 atom stereocenters. The average molecular weight is 477 g/mol. The Morgan fingerprint density at radius 2 is 1.75 bits per heavy atom. The molecule has 0 aromatic heterocycles. The number of benzene rings is 2. The van der Waals surface area contributed by atoms with Gasteiger partial charge in [-0.25, -0.2) is 4.39 Å². The third-order valence-electron chi connectivity index (χ3n) is 3.84. The molecule has 0 saturated heterocycles. The summed E-state index contributed by atoms with van der Waals surface area (Å²) in [4.78, 5) is 0. The zero-order chi connectivity index (χ0) is 19.5. The van der Waals surface area contributed by atoms with Gasteiger partial charge < -0.3 is 19.5 Å². The second kappa shape index (κ2) is 13.8. The van der Waals surface area contributed by atoms with Crippen LogP contribution in [0.2, 0.25) is 0 Å². The largest absolute Gasteiger partial charge is 0.490 e. The minimum atomic E-state index is -0.256. The summed E-state index contributed by atoms with van der Waals surface area (Å²) in [5.41, 5.74) is 2.00. The second-order valence-corrected chi connectivity index (χ2v) is 6.83. The predicted molar refractivity (Wildman–Crippen MR) is 116 cm³/mol. The summed E-state index contributed by atoms with van der Waals surface area (Å²) in [7, 11) is 0. The van der Waals surface area contributed by atoms with E-state index in [1.165, 1.54) is 12.1 Å². The number of nitrogens with one attached hydrogen (secondary N) is 1. The van der Waals surface area contributed by atoms with Gasteiger partial charge in [-0.05, 0) is 78.1 Å². The average Bonchev–Trinajstić information content (AvgIpc) is 2.65. The molecular weight excluding hydrogens is 449 g/mol. The van der Waals surface area contributed by atoms with Crippen LogP contribution in [0.4, 0.5) is 4.39 Å². The van der Waals surface area contributed by atoms with Crippen LogP contribution >= 0.6 is 28.3 Å². The lowest BCUT2D eigenvalue weighted by Crippen LogP contribution is -2.16. The van der Waals surface area contributed by atoms with E-state index in [0.29, 0.717) is 24.7 Å². The van der Waals surface area contributed by atoms with E-state index < -0.39 is 0 Å². The molecule has 0 heterocycles. The van der Waals surface area contributed by atoms with Crippen LogP contribution in [0.3, 0.4) is 0 Å². The van der Waals surface area contributed by atoms with Crippen molar-refractivity contribution in [1.29, 1.82) is 0 Å². The first-order valence-electron chi connectivity index (χ1n) is 9.25. The molecule has 28 heavy (non-hydrogen) atoms. The zero-order valence-corrected chi connectivity index (χ0v) is 18.7. The third kappa shape index (κ3) is 8.35. The van der Waals surface area contributed by atoms with Crippen molar-refractivity contribution in [2.24, 2.45) is 0 Å². The van der Waals surface area contributed by atoms with E-state index in [0.717, 1.165) is 48.3 Å². The minimum Gasteiger partial charge on any atom is -0.490 e. The summed E-state index contributed by atoms with van der Waals surface area (Å²) in [5.74, 6) is 1.09. The van der Waals surface area contributed by atoms with Crippen molar-refractivity contribution in [2.45, 2.75) is 33.4 Å². The molecule has 156 valence electrons. The Hall–Kier alpha value is -1.34. The molecule has 2 rings (SSSR count). The Labute approximate surface area is 181 Å². The maximum Gasteiger partial charge on any atom is 0.175 e. The molecule has 7 heteroatoms. The van der Waals surface area contributed by atoms with Gasteiger partial charge in [0, 0.05) is 19.8 Å². The van der Waals surface area contributed by atoms with E-state index in [1.807, 2.05) is 26.0 Å². The fourth-order valence-electron chi connectivity index (χ4n) is 2.54. The maximum absolute atomic E-state index is 13.0. The fraction of sp³-hybridized carbons (Fsp3) is 0.429. The van der Waals surface area contributed by atoms with Crippen molar-refractivity contribution < 1.29 is 18.6 Å². The first kappa shape index (κ1) is 24.7. The molecule has 0 radical (unpaired) electrons. The Balaban J connectivity index is 0.00000392. The highest BCUT2D eigenvalue weighted by molar-refractivity contribution is 9.10. The first-order valence-corrected chi connectivity index (χ1v) is 10.0. The van der Waals surface area contributed by atoms with Crippen molar-refractivity contribution in [3.05, 3.63) is 57.8 Å². The van der Waals surface area contributed by atoms with E-state index in [2.05, 4.69) is 21.2 Å². The Morgan fingerprint density at radius 1 is 1.00 bits per heavy atom. The van der Waals surface area contributed by atoms with Crippen LogP contribution in [0.15, 0.2) is 40.9 Å². The molecule has 0 unspecified atom stereocenters. The van der Waals surface area contributed by atoms with Gasteiger partial charge in [0.15, 0.2) is 11.5 Å². The molecule has 4 nitrogen and oxygen atoms in total. The number of hydrogen-bond acceptors (Lipinski definition) is 4. The summed E-state index contributed by atoms with van der Waals surface area (Å²) < 4.78 is 30.9. The van der Waals surface area contributed by atoms with Gasteiger partial charge in [0.1, 0.15) is 12.4 Å². The summed E-state index contributed by atoms with van der Waals surface area (Å²) in [6, 6.07) is 10.3. The van der Waals surface area contributed by atoms with Crippen molar-refractivity contribution in [3.8, 4) is 11.5 Å². The van der Waals surface area contributed by atoms with Gasteiger partial charge in [0.05, 0.1) is 11.1 Å². The Morgan fingerprint density at radius 3 is 2.43 bits per heavy atom. The van der Waals surface area contributed by atoms with Crippen LogP contribution in [0, 0.1) is 5.82 Å². The van der Waals surface area contributed by atoms with Gasteiger partial charge in [-0.2, -0.15) is 0 Å². The van der Waals surface area contributed by atoms with Gasteiger partial charge in [-0.1, -0.05) is 12.1 Å². The van der Waals surface area contributed by atoms with E-state index in [1.54, 1.807) is 12.1 Å². The highest BCUT2D eigenvalue weighted by Gasteiger charge is 2.13. The SMILES string of the molecule is CCOCCCNCc1cc(Br)c(OCc2ccc(F)cc2)c(OCC)c1.Cl. The van der Waals surface area contributed by atoms with Crippen LogP contribution in [0.5, 0.6) is 11.5 Å². The normalized spacial score (nSPS) is 10.4. The number of hydrogen-bond donors (Lipinski definition) is 1. The summed E-state index contributed by atoms with van der Waals surface area (Å²) in [5, 5.41) is 3.41. The van der Waals surface area contributed by atoms with Gasteiger partial charge in [0.2, 0.25) is 0 Å². The lowest BCUT2D eigenvalue weighted by atomic mass is 10.2. The zero-order valence-electron chi connectivity index (χ0n) is 16.3. The number of rotatable bonds is 12. The molecule has 0 aliphatic rings. The predicted octanol–water partition coefficient (Wildman–Crippen LogP) is 5.50. The molecule has 2 aromatic carbocycles. The third-order valence-corrected chi connectivity index (χ3v) is 4.43. The van der Waals surface area contributed by atoms with Crippen molar-refractivity contribution in [3.63, 3.8) is 0 Å². The second-order valence-electron chi connectivity index (χ2n) is 5.98. The molecular formula is C21H28BrClFNO3. The summed E-state index contributed by atoms with van der Waals surface area (Å²) in [6.07, 6.45) is 0.978. The molecule has 0 saturated carbocycles. The Bertz CT molecular complexity index is 701. The van der Waals surface area contributed by atoms with Gasteiger partial charge in [-0.15, -0.1) is 12.4 Å². The molecule has 0 fully saturated rings. The van der Waals surface area contributed by atoms with Crippen LogP contribution in [0.25, 0.3) is 0 Å². The lowest BCUT2D eigenvalue weighted by Gasteiger charge is -2.16. The van der Waals surface area contributed by atoms with E-state index in [9.17, 15) is 4.39 Å². The summed E-state index contributed by atoms with van der Waals surface area (Å²) >= 11 is 3.58. The molecule has 0 aliphatic carbocycles. The quantitative estimate of drug-likeness (QED) is 0.410. The molecule has 0 bridgehead atoms. The summed E-state index contributed by atoms with van der Waals surface area (Å²) in [6.45, 7) is 7.99. The van der Waals surface area contributed by atoms with Crippen LogP contribution in [-0.4, -0.2) is 26.4 Å². The van der Waals surface area contributed by atoms with E-state index >= 15 is 0 Å². The highest BCUT2D eigenvalue weighted by atomic mass is 79.9. The number of halogens is 3. The first-order chi connectivity index (χ1) is 13.1. The highest BCUT2D eigenvalue weighted by Crippen LogP contribution is 2.37. The molecule has 0 amide bonds. The van der Waals surface area contributed by atoms with Gasteiger partial charge in [0.25, 0.3) is 0 Å². The number of ether oxygens (including phenoxy) is 3. The standard InChI is InChI=1S/C21H27BrFNO3.ClH/c1-3-25-11-5-10-24-14-17-12-19(22)21(20(13-17)26-4-2)27-15-16-6-8-18(23)9-7-16;/h6-9,12-13,24H,3-5,10-11,14-15H2,1-2H3;1H. The maximum atomic E-state index is 13.0. The van der Waals surface area contributed by atoms with Gasteiger partial charge >= 0.3 is 0 Å². The Kier molecular flexibility index (Phi) is 12.1. The molecule has 0 aliphatic heterocycles. The monoisotopic (exact) mass is 475 g/mol. The fourth-order valence-corrected chi connectivity index (χ4v) is 3.14. The van der Waals surface area contributed by atoms with Crippen LogP contribution < -0.4 is 14.8 Å². The van der Waals surface area contributed by atoms with Crippen molar-refractivity contribution in [2.75, 3.05) is 26.4 Å². The molecule has 0 spiro atoms. The van der Waals surface area contributed by atoms with Crippen LogP contribution in [-0.2, 0) is 17.9 Å². The lowest BCUT2D eigenvalue weighted by molar-refractivity contribution is 0.144. The minimum absolute atomic E-state index is 0. The van der Waals surface area contributed by atoms with E-state index in [-0.39, 0.29) is 18.2 Å². The topological polar surface area (TPSA) is 39.7 Å². The molecule has 1 N–H and O–H groups in total.